The van der Waals surface area contributed by atoms with Crippen LogP contribution in [0.3, 0.4) is 0 Å². The third kappa shape index (κ3) is 2.76. The summed E-state index contributed by atoms with van der Waals surface area (Å²) in [5, 5.41) is 0. The van der Waals surface area contributed by atoms with Crippen molar-refractivity contribution in [2.24, 2.45) is 5.73 Å². The molecule has 1 unspecified atom stereocenters. The highest BCUT2D eigenvalue weighted by molar-refractivity contribution is 7.80. The zero-order valence-electron chi connectivity index (χ0n) is 11.1. The predicted octanol–water partition coefficient (Wildman–Crippen LogP) is 0.560. The molecule has 1 aliphatic heterocycles. The lowest BCUT2D eigenvalue weighted by Gasteiger charge is -2.37. The van der Waals surface area contributed by atoms with Gasteiger partial charge in [0.25, 0.3) is 0 Å². The third-order valence-corrected chi connectivity index (χ3v) is 3.55. The Labute approximate surface area is 113 Å². The van der Waals surface area contributed by atoms with Crippen LogP contribution in [-0.4, -0.2) is 52.6 Å². The number of likely N-dealkylation sites (N-methyl/N-ethyl adjacent to an activating group) is 1. The number of aryl methyl sites for hydroxylation is 1. The molecule has 0 amide bonds. The zero-order chi connectivity index (χ0) is 13.3. The molecule has 0 spiro atoms. The molecule has 1 saturated heterocycles. The molecule has 1 atom stereocenters. The van der Waals surface area contributed by atoms with Gasteiger partial charge in [0.05, 0.1) is 0 Å². The number of rotatable bonds is 2. The SMILES string of the molecule is Cc1cc(C(N)=S)nc(N2CCN(C)C(C)C2)n1. The summed E-state index contributed by atoms with van der Waals surface area (Å²) in [6.07, 6.45) is 0. The average molecular weight is 265 g/mol. The molecule has 2 rings (SSSR count). The van der Waals surface area contributed by atoms with Gasteiger partial charge in [0.1, 0.15) is 10.7 Å². The summed E-state index contributed by atoms with van der Waals surface area (Å²) in [7, 11) is 2.14. The molecule has 0 aliphatic carbocycles. The Morgan fingerprint density at radius 1 is 1.44 bits per heavy atom. The quantitative estimate of drug-likeness (QED) is 0.789. The molecule has 1 aliphatic rings. The van der Waals surface area contributed by atoms with Gasteiger partial charge in [-0.2, -0.15) is 0 Å². The van der Waals surface area contributed by atoms with Crippen LogP contribution in [0.1, 0.15) is 18.3 Å². The number of aromatic nitrogens is 2. The highest BCUT2D eigenvalue weighted by Crippen LogP contribution is 2.15. The van der Waals surface area contributed by atoms with Crippen LogP contribution >= 0.6 is 12.2 Å². The number of hydrogen-bond donors (Lipinski definition) is 1. The van der Waals surface area contributed by atoms with E-state index in [1.165, 1.54) is 0 Å². The highest BCUT2D eigenvalue weighted by Gasteiger charge is 2.22. The summed E-state index contributed by atoms with van der Waals surface area (Å²) < 4.78 is 0. The van der Waals surface area contributed by atoms with E-state index in [-0.39, 0.29) is 0 Å². The number of nitrogens with zero attached hydrogens (tertiary/aromatic N) is 4. The van der Waals surface area contributed by atoms with Crippen LogP contribution in [0, 0.1) is 6.92 Å². The Bertz CT molecular complexity index is 462. The molecule has 18 heavy (non-hydrogen) atoms. The van der Waals surface area contributed by atoms with E-state index >= 15 is 0 Å². The minimum absolute atomic E-state index is 0.323. The molecular weight excluding hydrogens is 246 g/mol. The Kier molecular flexibility index (Phi) is 3.77. The first-order valence-electron chi connectivity index (χ1n) is 6.08. The summed E-state index contributed by atoms with van der Waals surface area (Å²) in [4.78, 5) is 13.8. The standard InChI is InChI=1S/C12H19N5S/c1-8-6-10(11(13)18)15-12(14-8)17-5-4-16(3)9(2)7-17/h6,9H,4-5,7H2,1-3H3,(H2,13,18). The second kappa shape index (κ2) is 5.16. The predicted molar refractivity (Wildman–Crippen MR) is 77.0 cm³/mol. The Morgan fingerprint density at radius 3 is 2.78 bits per heavy atom. The summed E-state index contributed by atoms with van der Waals surface area (Å²) in [6, 6.07) is 2.32. The summed E-state index contributed by atoms with van der Waals surface area (Å²) in [5.74, 6) is 0.734. The van der Waals surface area contributed by atoms with Crippen LogP contribution in [0.5, 0.6) is 0 Å². The molecule has 1 fully saturated rings. The van der Waals surface area contributed by atoms with E-state index in [1.807, 2.05) is 13.0 Å². The average Bonchev–Trinajstić information content (AvgIpc) is 2.31. The van der Waals surface area contributed by atoms with Gasteiger partial charge in [-0.3, -0.25) is 0 Å². The van der Waals surface area contributed by atoms with Crippen LogP contribution in [0.2, 0.25) is 0 Å². The Morgan fingerprint density at radius 2 is 2.17 bits per heavy atom. The fourth-order valence-corrected chi connectivity index (χ4v) is 2.16. The van der Waals surface area contributed by atoms with Gasteiger partial charge in [0.15, 0.2) is 0 Å². The molecule has 1 aromatic rings. The first-order chi connectivity index (χ1) is 8.47. The largest absolute Gasteiger partial charge is 0.388 e. The van der Waals surface area contributed by atoms with Crippen molar-refractivity contribution in [2.75, 3.05) is 31.6 Å². The van der Waals surface area contributed by atoms with Crippen LogP contribution in [0.4, 0.5) is 5.95 Å². The van der Waals surface area contributed by atoms with Crippen LogP contribution in [0.25, 0.3) is 0 Å². The molecule has 0 radical (unpaired) electrons. The molecule has 5 nitrogen and oxygen atoms in total. The normalized spacial score (nSPS) is 21.1. The third-order valence-electron chi connectivity index (χ3n) is 3.34. The lowest BCUT2D eigenvalue weighted by Crippen LogP contribution is -2.50. The van der Waals surface area contributed by atoms with Crippen molar-refractivity contribution >= 4 is 23.2 Å². The van der Waals surface area contributed by atoms with Gasteiger partial charge in [0.2, 0.25) is 5.95 Å². The molecule has 0 saturated carbocycles. The van der Waals surface area contributed by atoms with Crippen molar-refractivity contribution < 1.29 is 0 Å². The minimum Gasteiger partial charge on any atom is -0.388 e. The van der Waals surface area contributed by atoms with Crippen molar-refractivity contribution in [3.63, 3.8) is 0 Å². The van der Waals surface area contributed by atoms with E-state index in [0.717, 1.165) is 31.3 Å². The number of anilines is 1. The van der Waals surface area contributed by atoms with Gasteiger partial charge in [-0.25, -0.2) is 9.97 Å². The van der Waals surface area contributed by atoms with Crippen LogP contribution < -0.4 is 10.6 Å². The van der Waals surface area contributed by atoms with Crippen molar-refractivity contribution in [3.8, 4) is 0 Å². The fraction of sp³-hybridized carbons (Fsp3) is 0.583. The molecule has 0 aromatic carbocycles. The Balaban J connectivity index is 2.25. The van der Waals surface area contributed by atoms with Crippen molar-refractivity contribution in [1.29, 1.82) is 0 Å². The molecule has 6 heteroatoms. The molecular formula is C12H19N5S. The van der Waals surface area contributed by atoms with Crippen LogP contribution in [-0.2, 0) is 0 Å². The van der Waals surface area contributed by atoms with Gasteiger partial charge in [0, 0.05) is 31.4 Å². The number of nitrogens with two attached hydrogens (primary N) is 1. The van der Waals surface area contributed by atoms with Gasteiger partial charge in [-0.1, -0.05) is 12.2 Å². The van der Waals surface area contributed by atoms with E-state index in [4.69, 9.17) is 18.0 Å². The van der Waals surface area contributed by atoms with E-state index in [0.29, 0.717) is 16.7 Å². The van der Waals surface area contributed by atoms with Gasteiger partial charge in [-0.05, 0) is 27.0 Å². The van der Waals surface area contributed by atoms with Crippen LogP contribution in [0.15, 0.2) is 6.07 Å². The second-order valence-electron chi connectivity index (χ2n) is 4.83. The molecule has 2 N–H and O–H groups in total. The molecule has 1 aromatic heterocycles. The van der Waals surface area contributed by atoms with Crippen molar-refractivity contribution in [2.45, 2.75) is 19.9 Å². The van der Waals surface area contributed by atoms with E-state index in [9.17, 15) is 0 Å². The summed E-state index contributed by atoms with van der Waals surface area (Å²) >= 11 is 4.99. The number of thiocarbonyl (C=S) groups is 1. The fourth-order valence-electron chi connectivity index (χ4n) is 2.05. The maximum atomic E-state index is 5.64. The number of piperazine rings is 1. The summed E-state index contributed by atoms with van der Waals surface area (Å²) in [5.41, 5.74) is 7.19. The van der Waals surface area contributed by atoms with Crippen molar-refractivity contribution in [3.05, 3.63) is 17.5 Å². The van der Waals surface area contributed by atoms with E-state index in [1.54, 1.807) is 0 Å². The summed E-state index contributed by atoms with van der Waals surface area (Å²) in [6.45, 7) is 7.02. The van der Waals surface area contributed by atoms with E-state index < -0.39 is 0 Å². The van der Waals surface area contributed by atoms with Gasteiger partial charge in [-0.15, -0.1) is 0 Å². The maximum absolute atomic E-state index is 5.64. The zero-order valence-corrected chi connectivity index (χ0v) is 11.9. The monoisotopic (exact) mass is 265 g/mol. The molecule has 2 heterocycles. The van der Waals surface area contributed by atoms with Crippen molar-refractivity contribution in [1.82, 2.24) is 14.9 Å². The number of hydrogen-bond acceptors (Lipinski definition) is 5. The molecule has 98 valence electrons. The second-order valence-corrected chi connectivity index (χ2v) is 5.27. The first kappa shape index (κ1) is 13.2. The minimum atomic E-state index is 0.323. The smallest absolute Gasteiger partial charge is 0.226 e. The maximum Gasteiger partial charge on any atom is 0.226 e. The topological polar surface area (TPSA) is 58.3 Å². The lowest BCUT2D eigenvalue weighted by atomic mass is 10.2. The molecule has 0 bridgehead atoms. The lowest BCUT2D eigenvalue weighted by molar-refractivity contribution is 0.232. The highest BCUT2D eigenvalue weighted by atomic mass is 32.1. The first-order valence-corrected chi connectivity index (χ1v) is 6.49. The Hall–Kier alpha value is -1.27. The van der Waals surface area contributed by atoms with Gasteiger partial charge < -0.3 is 15.5 Å². The van der Waals surface area contributed by atoms with E-state index in [2.05, 4.69) is 33.7 Å². The van der Waals surface area contributed by atoms with Gasteiger partial charge >= 0.3 is 0 Å².